The lowest BCUT2D eigenvalue weighted by Crippen LogP contribution is -2.13. The van der Waals surface area contributed by atoms with Gasteiger partial charge in [0.15, 0.2) is 0 Å². The molecule has 0 N–H and O–H groups in total. The van der Waals surface area contributed by atoms with Crippen molar-refractivity contribution >= 4 is 22.8 Å². The van der Waals surface area contributed by atoms with E-state index >= 15 is 0 Å². The molecule has 0 aromatic carbocycles. The first-order chi connectivity index (χ1) is 5.50. The minimum absolute atomic E-state index is 0.0708. The van der Waals surface area contributed by atoms with Crippen LogP contribution < -0.4 is 0 Å². The molecular weight excluding hydrogens is 180 g/mol. The zero-order valence-electron chi connectivity index (χ0n) is 7.31. The van der Waals surface area contributed by atoms with Crippen molar-refractivity contribution in [3.05, 3.63) is 11.1 Å². The number of halogens is 1. The minimum atomic E-state index is -0.770. The fourth-order valence-corrected chi connectivity index (χ4v) is 0.950. The Hall–Kier alpha value is -0.830. The largest absolute Gasteiger partial charge is 0.462 e. The first-order valence-corrected chi connectivity index (χ1v) is 3.93. The predicted octanol–water partition coefficient (Wildman–Crippen LogP) is 1.65. The van der Waals surface area contributed by atoms with E-state index in [1.165, 1.54) is 0 Å². The van der Waals surface area contributed by atoms with Crippen LogP contribution in [-0.4, -0.2) is 17.8 Å². The average molecular weight is 191 g/mol. The van der Waals surface area contributed by atoms with E-state index in [4.69, 9.17) is 11.6 Å². The second-order valence-corrected chi connectivity index (χ2v) is 2.71. The van der Waals surface area contributed by atoms with Gasteiger partial charge in [0.1, 0.15) is 5.57 Å². The summed E-state index contributed by atoms with van der Waals surface area (Å²) >= 11 is 5.17. The van der Waals surface area contributed by atoms with Gasteiger partial charge >= 0.3 is 5.97 Å². The van der Waals surface area contributed by atoms with Crippen molar-refractivity contribution in [2.45, 2.75) is 20.8 Å². The Labute approximate surface area is 76.3 Å². The van der Waals surface area contributed by atoms with Gasteiger partial charge in [0.05, 0.1) is 6.61 Å². The standard InChI is InChI=1S/C8H11ClO3/c1-4-12-8(11)6(5(2)3)7(9)10/h4H2,1-3H3. The highest BCUT2D eigenvalue weighted by molar-refractivity contribution is 6.70. The summed E-state index contributed by atoms with van der Waals surface area (Å²) in [6, 6.07) is 0. The molecule has 0 rings (SSSR count). The van der Waals surface area contributed by atoms with Crippen LogP contribution in [0.3, 0.4) is 0 Å². The summed E-state index contributed by atoms with van der Waals surface area (Å²) in [4.78, 5) is 21.7. The van der Waals surface area contributed by atoms with E-state index in [2.05, 4.69) is 4.74 Å². The van der Waals surface area contributed by atoms with Gasteiger partial charge in [0.25, 0.3) is 5.24 Å². The van der Waals surface area contributed by atoms with Crippen LogP contribution in [0, 0.1) is 0 Å². The Morgan fingerprint density at radius 3 is 2.08 bits per heavy atom. The summed E-state index contributed by atoms with van der Waals surface area (Å²) in [5.41, 5.74) is 0.493. The summed E-state index contributed by atoms with van der Waals surface area (Å²) in [7, 11) is 0. The zero-order chi connectivity index (χ0) is 9.72. The van der Waals surface area contributed by atoms with Crippen molar-refractivity contribution < 1.29 is 14.3 Å². The van der Waals surface area contributed by atoms with Gasteiger partial charge in [-0.2, -0.15) is 0 Å². The molecule has 68 valence electrons. The fourth-order valence-electron chi connectivity index (χ4n) is 0.684. The van der Waals surface area contributed by atoms with Crippen molar-refractivity contribution in [2.75, 3.05) is 6.61 Å². The molecule has 12 heavy (non-hydrogen) atoms. The van der Waals surface area contributed by atoms with Gasteiger partial charge < -0.3 is 4.74 Å². The average Bonchev–Trinajstić information content (AvgIpc) is 1.85. The maximum absolute atomic E-state index is 11.0. The first kappa shape index (κ1) is 11.2. The maximum atomic E-state index is 11.0. The lowest BCUT2D eigenvalue weighted by Gasteiger charge is -2.03. The summed E-state index contributed by atoms with van der Waals surface area (Å²) in [6.45, 7) is 5.16. The van der Waals surface area contributed by atoms with Gasteiger partial charge in [0.2, 0.25) is 0 Å². The number of hydrogen-bond acceptors (Lipinski definition) is 3. The first-order valence-electron chi connectivity index (χ1n) is 3.55. The smallest absolute Gasteiger partial charge is 0.343 e. The Bertz CT molecular complexity index is 226. The van der Waals surface area contributed by atoms with E-state index < -0.39 is 11.2 Å². The van der Waals surface area contributed by atoms with Crippen molar-refractivity contribution in [1.29, 1.82) is 0 Å². The van der Waals surface area contributed by atoms with Crippen LogP contribution >= 0.6 is 11.6 Å². The van der Waals surface area contributed by atoms with E-state index in [1.54, 1.807) is 20.8 Å². The molecule has 0 aromatic heterocycles. The van der Waals surface area contributed by atoms with Gasteiger partial charge in [-0.25, -0.2) is 4.79 Å². The third kappa shape index (κ3) is 3.05. The summed E-state index contributed by atoms with van der Waals surface area (Å²) < 4.78 is 4.62. The van der Waals surface area contributed by atoms with Crippen LogP contribution in [0.4, 0.5) is 0 Å². The van der Waals surface area contributed by atoms with Crippen LogP contribution in [0.25, 0.3) is 0 Å². The van der Waals surface area contributed by atoms with Crippen LogP contribution in [0.2, 0.25) is 0 Å². The highest BCUT2D eigenvalue weighted by Crippen LogP contribution is 2.09. The maximum Gasteiger partial charge on any atom is 0.343 e. The van der Waals surface area contributed by atoms with Gasteiger partial charge in [-0.3, -0.25) is 4.79 Å². The van der Waals surface area contributed by atoms with Crippen molar-refractivity contribution in [1.82, 2.24) is 0 Å². The van der Waals surface area contributed by atoms with Gasteiger partial charge in [0, 0.05) is 0 Å². The summed E-state index contributed by atoms with van der Waals surface area (Å²) in [6.07, 6.45) is 0. The molecule has 0 saturated heterocycles. The molecule has 0 heterocycles. The number of carbonyl (C=O) groups is 2. The molecular formula is C8H11ClO3. The third-order valence-corrected chi connectivity index (χ3v) is 1.37. The van der Waals surface area contributed by atoms with Crippen molar-refractivity contribution in [3.63, 3.8) is 0 Å². The highest BCUT2D eigenvalue weighted by Gasteiger charge is 2.18. The van der Waals surface area contributed by atoms with Crippen LogP contribution in [0.5, 0.6) is 0 Å². The topological polar surface area (TPSA) is 43.4 Å². The number of hydrogen-bond donors (Lipinski definition) is 0. The van der Waals surface area contributed by atoms with E-state index in [1.807, 2.05) is 0 Å². The van der Waals surface area contributed by atoms with E-state index in [0.29, 0.717) is 5.57 Å². The molecule has 0 bridgehead atoms. The molecule has 0 amide bonds. The lowest BCUT2D eigenvalue weighted by atomic mass is 10.2. The highest BCUT2D eigenvalue weighted by atomic mass is 35.5. The Kier molecular flexibility index (Phi) is 4.59. The Morgan fingerprint density at radius 2 is 1.83 bits per heavy atom. The van der Waals surface area contributed by atoms with Gasteiger partial charge in [-0.15, -0.1) is 0 Å². The molecule has 0 aliphatic carbocycles. The number of ether oxygens (including phenoxy) is 1. The van der Waals surface area contributed by atoms with Crippen LogP contribution in [0.15, 0.2) is 11.1 Å². The molecule has 0 aromatic rings. The molecule has 0 unspecified atom stereocenters. The molecule has 0 spiro atoms. The molecule has 0 radical (unpaired) electrons. The van der Waals surface area contributed by atoms with Crippen molar-refractivity contribution in [2.24, 2.45) is 0 Å². The number of rotatable bonds is 3. The molecule has 0 atom stereocenters. The molecule has 0 aliphatic rings. The number of esters is 1. The number of carbonyl (C=O) groups excluding carboxylic acids is 2. The number of allylic oxidation sites excluding steroid dienone is 1. The zero-order valence-corrected chi connectivity index (χ0v) is 8.07. The minimum Gasteiger partial charge on any atom is -0.462 e. The third-order valence-electron chi connectivity index (χ3n) is 1.18. The molecule has 0 saturated carbocycles. The summed E-state index contributed by atoms with van der Waals surface area (Å²) in [5, 5.41) is -0.770. The van der Waals surface area contributed by atoms with Gasteiger partial charge in [-0.05, 0) is 32.4 Å². The normalized spacial score (nSPS) is 9.00. The van der Waals surface area contributed by atoms with Crippen LogP contribution in [0.1, 0.15) is 20.8 Å². The molecule has 3 nitrogen and oxygen atoms in total. The molecule has 0 fully saturated rings. The SMILES string of the molecule is CCOC(=O)C(C(=O)Cl)=C(C)C. The second-order valence-electron chi connectivity index (χ2n) is 2.37. The van der Waals surface area contributed by atoms with E-state index in [0.717, 1.165) is 0 Å². The molecule has 4 heteroatoms. The summed E-state index contributed by atoms with van der Waals surface area (Å²) in [5.74, 6) is -0.655. The van der Waals surface area contributed by atoms with Gasteiger partial charge in [-0.1, -0.05) is 5.57 Å². The Balaban J connectivity index is 4.67. The molecule has 0 aliphatic heterocycles. The second kappa shape index (κ2) is 4.93. The van der Waals surface area contributed by atoms with Crippen LogP contribution in [-0.2, 0) is 14.3 Å². The van der Waals surface area contributed by atoms with E-state index in [-0.39, 0.29) is 12.2 Å². The lowest BCUT2D eigenvalue weighted by molar-refractivity contribution is -0.139. The fraction of sp³-hybridized carbons (Fsp3) is 0.500. The van der Waals surface area contributed by atoms with Crippen molar-refractivity contribution in [3.8, 4) is 0 Å². The predicted molar refractivity (Wildman–Crippen MR) is 45.9 cm³/mol. The quantitative estimate of drug-likeness (QED) is 0.224. The van der Waals surface area contributed by atoms with E-state index in [9.17, 15) is 9.59 Å². The monoisotopic (exact) mass is 190 g/mol. The Morgan fingerprint density at radius 1 is 1.33 bits per heavy atom.